The van der Waals surface area contributed by atoms with Gasteiger partial charge >= 0.3 is 0 Å². The molecule has 1 aromatic carbocycles. The lowest BCUT2D eigenvalue weighted by Crippen LogP contribution is -2.41. The molecular formula is C15H21ClFNO2. The summed E-state index contributed by atoms with van der Waals surface area (Å²) < 4.78 is 18.3. The first kappa shape index (κ1) is 15.5. The Morgan fingerprint density at radius 2 is 2.35 bits per heavy atom. The lowest BCUT2D eigenvalue weighted by atomic mass is 10.0. The third-order valence-corrected chi connectivity index (χ3v) is 3.83. The van der Waals surface area contributed by atoms with E-state index in [4.69, 9.17) is 16.3 Å². The minimum Gasteiger partial charge on any atom is -0.489 e. The van der Waals surface area contributed by atoms with Crippen LogP contribution in [0.3, 0.4) is 0 Å². The summed E-state index contributed by atoms with van der Waals surface area (Å²) in [6.07, 6.45) is 1.87. The number of benzene rings is 1. The fourth-order valence-electron chi connectivity index (χ4n) is 2.58. The van der Waals surface area contributed by atoms with E-state index >= 15 is 0 Å². The Labute approximate surface area is 124 Å². The van der Waals surface area contributed by atoms with Crippen LogP contribution in [0.25, 0.3) is 0 Å². The number of nitrogens with zero attached hydrogens (tertiary/aromatic N) is 1. The van der Waals surface area contributed by atoms with Crippen molar-refractivity contribution in [1.82, 2.24) is 4.90 Å². The maximum Gasteiger partial charge on any atom is 0.138 e. The molecule has 1 fully saturated rings. The monoisotopic (exact) mass is 301 g/mol. The van der Waals surface area contributed by atoms with Crippen molar-refractivity contribution in [1.29, 1.82) is 0 Å². The second-order valence-corrected chi connectivity index (χ2v) is 5.95. The van der Waals surface area contributed by atoms with Gasteiger partial charge in [0.2, 0.25) is 0 Å². The van der Waals surface area contributed by atoms with Gasteiger partial charge in [-0.1, -0.05) is 18.5 Å². The van der Waals surface area contributed by atoms with E-state index in [1.54, 1.807) is 0 Å². The fourth-order valence-corrected chi connectivity index (χ4v) is 2.80. The lowest BCUT2D eigenvalue weighted by Gasteiger charge is -2.32. The molecule has 20 heavy (non-hydrogen) atoms. The number of β-amino-alcohol motifs (C(OH)–C–C–N with tert-alkyl or cyclic N) is 1. The van der Waals surface area contributed by atoms with Gasteiger partial charge in [0.25, 0.3) is 0 Å². The summed E-state index contributed by atoms with van der Waals surface area (Å²) in [5.74, 6) is 0.688. The third-order valence-electron chi connectivity index (χ3n) is 3.54. The molecule has 0 unspecified atom stereocenters. The predicted octanol–water partition coefficient (Wildman–Crippen LogP) is 2.95. The predicted molar refractivity (Wildman–Crippen MR) is 77.7 cm³/mol. The smallest absolute Gasteiger partial charge is 0.138 e. The topological polar surface area (TPSA) is 32.7 Å². The zero-order valence-corrected chi connectivity index (χ0v) is 12.4. The van der Waals surface area contributed by atoms with Crippen molar-refractivity contribution in [3.8, 4) is 5.75 Å². The van der Waals surface area contributed by atoms with Crippen LogP contribution in [0.2, 0.25) is 5.02 Å². The van der Waals surface area contributed by atoms with Crippen LogP contribution in [0.4, 0.5) is 4.39 Å². The minimum absolute atomic E-state index is 0.163. The normalized spacial score (nSPS) is 21.7. The third kappa shape index (κ3) is 4.62. The van der Waals surface area contributed by atoms with Gasteiger partial charge in [0.1, 0.15) is 24.3 Å². The van der Waals surface area contributed by atoms with Gasteiger partial charge < -0.3 is 14.7 Å². The maximum absolute atomic E-state index is 12.9. The average molecular weight is 302 g/mol. The molecule has 1 aliphatic heterocycles. The molecule has 1 aromatic rings. The molecule has 0 aliphatic carbocycles. The van der Waals surface area contributed by atoms with E-state index in [0.717, 1.165) is 13.1 Å². The molecule has 0 bridgehead atoms. The van der Waals surface area contributed by atoms with Crippen LogP contribution >= 0.6 is 11.6 Å². The van der Waals surface area contributed by atoms with Gasteiger partial charge in [0.15, 0.2) is 0 Å². The molecule has 0 saturated carbocycles. The number of piperidine rings is 1. The summed E-state index contributed by atoms with van der Waals surface area (Å²) in [7, 11) is 0. The number of hydrogen-bond donors (Lipinski definition) is 1. The molecule has 3 nitrogen and oxygen atoms in total. The van der Waals surface area contributed by atoms with Gasteiger partial charge in [-0.15, -0.1) is 0 Å². The van der Waals surface area contributed by atoms with Crippen molar-refractivity contribution in [3.63, 3.8) is 0 Å². The highest BCUT2D eigenvalue weighted by Gasteiger charge is 2.19. The van der Waals surface area contributed by atoms with Gasteiger partial charge in [0, 0.05) is 13.1 Å². The quantitative estimate of drug-likeness (QED) is 0.907. The lowest BCUT2D eigenvalue weighted by molar-refractivity contribution is 0.0537. The van der Waals surface area contributed by atoms with Crippen LogP contribution in [0.5, 0.6) is 5.75 Å². The zero-order valence-electron chi connectivity index (χ0n) is 11.7. The number of ether oxygens (including phenoxy) is 1. The van der Waals surface area contributed by atoms with Crippen LogP contribution in [-0.4, -0.2) is 42.4 Å². The average Bonchev–Trinajstić information content (AvgIpc) is 2.37. The van der Waals surface area contributed by atoms with Crippen molar-refractivity contribution in [2.45, 2.75) is 25.9 Å². The molecule has 0 aromatic heterocycles. The van der Waals surface area contributed by atoms with Crippen molar-refractivity contribution < 1.29 is 14.2 Å². The Morgan fingerprint density at radius 1 is 1.55 bits per heavy atom. The number of aliphatic hydroxyl groups excluding tert-OH is 1. The summed E-state index contributed by atoms with van der Waals surface area (Å²) >= 11 is 5.87. The highest BCUT2D eigenvalue weighted by molar-refractivity contribution is 6.32. The molecule has 1 heterocycles. The molecule has 0 spiro atoms. The summed E-state index contributed by atoms with van der Waals surface area (Å²) in [5, 5.41) is 10.2. The largest absolute Gasteiger partial charge is 0.489 e. The van der Waals surface area contributed by atoms with Crippen molar-refractivity contribution >= 4 is 11.6 Å². The Balaban J connectivity index is 1.78. The van der Waals surface area contributed by atoms with Crippen LogP contribution in [0.1, 0.15) is 19.8 Å². The number of likely N-dealkylation sites (tertiary alicyclic amines) is 1. The van der Waals surface area contributed by atoms with Crippen molar-refractivity contribution in [3.05, 3.63) is 29.0 Å². The first-order valence-corrected chi connectivity index (χ1v) is 7.40. The molecular weight excluding hydrogens is 281 g/mol. The summed E-state index contributed by atoms with van der Waals surface area (Å²) in [4.78, 5) is 2.26. The number of rotatable bonds is 5. The summed E-state index contributed by atoms with van der Waals surface area (Å²) in [6.45, 7) is 5.04. The van der Waals surface area contributed by atoms with Crippen LogP contribution in [0, 0.1) is 11.7 Å². The standard InChI is InChI=1S/C15H21ClFNO2/c1-11-3-2-6-18(8-11)9-13(19)10-20-15-5-4-12(17)7-14(15)16/h4-5,7,11,13,19H,2-3,6,8-10H2,1H3/t11-,13-/m1/s1. The Kier molecular flexibility index (Phi) is 5.64. The molecule has 0 radical (unpaired) electrons. The highest BCUT2D eigenvalue weighted by atomic mass is 35.5. The van der Waals surface area contributed by atoms with E-state index in [1.165, 1.54) is 31.0 Å². The van der Waals surface area contributed by atoms with E-state index in [0.29, 0.717) is 18.2 Å². The second kappa shape index (κ2) is 7.25. The summed E-state index contributed by atoms with van der Waals surface area (Å²) in [6, 6.07) is 3.98. The molecule has 5 heteroatoms. The highest BCUT2D eigenvalue weighted by Crippen LogP contribution is 2.25. The van der Waals surface area contributed by atoms with Gasteiger partial charge in [-0.25, -0.2) is 4.39 Å². The Morgan fingerprint density at radius 3 is 3.05 bits per heavy atom. The molecule has 1 N–H and O–H groups in total. The SMILES string of the molecule is C[C@@H]1CCCN(C[C@@H](O)COc2ccc(F)cc2Cl)C1. The Hall–Kier alpha value is -0.840. The molecule has 0 amide bonds. The minimum atomic E-state index is -0.568. The van der Waals surface area contributed by atoms with E-state index in [1.807, 2.05) is 0 Å². The fraction of sp³-hybridized carbons (Fsp3) is 0.600. The Bertz CT molecular complexity index is 444. The van der Waals surface area contributed by atoms with Crippen molar-refractivity contribution in [2.24, 2.45) is 5.92 Å². The summed E-state index contributed by atoms with van der Waals surface area (Å²) in [5.41, 5.74) is 0. The molecule has 112 valence electrons. The van der Waals surface area contributed by atoms with Gasteiger partial charge in [0.05, 0.1) is 5.02 Å². The van der Waals surface area contributed by atoms with Gasteiger partial charge in [-0.05, 0) is 43.5 Å². The van der Waals surface area contributed by atoms with E-state index in [2.05, 4.69) is 11.8 Å². The van der Waals surface area contributed by atoms with Crippen molar-refractivity contribution in [2.75, 3.05) is 26.2 Å². The molecule has 1 saturated heterocycles. The molecule has 2 atom stereocenters. The molecule has 2 rings (SSSR count). The number of hydrogen-bond acceptors (Lipinski definition) is 3. The van der Waals surface area contributed by atoms with Crippen LogP contribution in [-0.2, 0) is 0 Å². The number of halogens is 2. The number of aliphatic hydroxyl groups is 1. The maximum atomic E-state index is 12.9. The van der Waals surface area contributed by atoms with Gasteiger partial charge in [-0.3, -0.25) is 0 Å². The molecule has 1 aliphatic rings. The van der Waals surface area contributed by atoms with Crippen LogP contribution < -0.4 is 4.74 Å². The van der Waals surface area contributed by atoms with Gasteiger partial charge in [-0.2, -0.15) is 0 Å². The van der Waals surface area contributed by atoms with E-state index in [-0.39, 0.29) is 11.6 Å². The van der Waals surface area contributed by atoms with Crippen LogP contribution in [0.15, 0.2) is 18.2 Å². The first-order valence-electron chi connectivity index (χ1n) is 7.03. The first-order chi connectivity index (χ1) is 9.54. The zero-order chi connectivity index (χ0) is 14.5. The van der Waals surface area contributed by atoms with E-state index in [9.17, 15) is 9.50 Å². The second-order valence-electron chi connectivity index (χ2n) is 5.55. The van der Waals surface area contributed by atoms with E-state index < -0.39 is 11.9 Å².